The molecule has 0 aromatic heterocycles. The largest absolute Gasteiger partial charge is 0.484 e. The van der Waals surface area contributed by atoms with Gasteiger partial charge in [-0.25, -0.2) is 0 Å². The number of nitrogens with one attached hydrogen (secondary N) is 1. The number of non-ortho nitro benzene ring substituents is 1. The van der Waals surface area contributed by atoms with Crippen molar-refractivity contribution in [3.63, 3.8) is 0 Å². The Hall–Kier alpha value is -2.75. The molecule has 6 nitrogen and oxygen atoms in total. The summed E-state index contributed by atoms with van der Waals surface area (Å²) in [7, 11) is 0. The van der Waals surface area contributed by atoms with Gasteiger partial charge in [-0.15, -0.1) is 11.8 Å². The van der Waals surface area contributed by atoms with E-state index in [1.807, 2.05) is 0 Å². The second-order valence-corrected chi connectivity index (χ2v) is 6.01. The van der Waals surface area contributed by atoms with Crippen molar-refractivity contribution < 1.29 is 27.6 Å². The highest BCUT2D eigenvalue weighted by atomic mass is 32.2. The van der Waals surface area contributed by atoms with Gasteiger partial charge in [0.2, 0.25) is 0 Å². The molecule has 1 amide bonds. The molecule has 0 bridgehead atoms. The monoisotopic (exact) mass is 386 g/mol. The van der Waals surface area contributed by atoms with Crippen molar-refractivity contribution in [2.75, 3.05) is 17.7 Å². The van der Waals surface area contributed by atoms with Crippen LogP contribution in [-0.4, -0.2) is 29.4 Å². The lowest BCUT2D eigenvalue weighted by Gasteiger charge is -2.12. The lowest BCUT2D eigenvalue weighted by Crippen LogP contribution is -2.20. The fraction of sp³-hybridized carbons (Fsp3) is 0.188. The van der Waals surface area contributed by atoms with E-state index in [-0.39, 0.29) is 22.0 Å². The fourth-order valence-electron chi connectivity index (χ4n) is 1.85. The van der Waals surface area contributed by atoms with Gasteiger partial charge in [-0.2, -0.15) is 13.2 Å². The van der Waals surface area contributed by atoms with E-state index in [2.05, 4.69) is 5.32 Å². The van der Waals surface area contributed by atoms with Gasteiger partial charge in [-0.1, -0.05) is 12.1 Å². The Labute approximate surface area is 150 Å². The van der Waals surface area contributed by atoms with E-state index in [0.29, 0.717) is 11.8 Å². The van der Waals surface area contributed by atoms with Crippen LogP contribution in [0.3, 0.4) is 0 Å². The van der Waals surface area contributed by atoms with Crippen LogP contribution in [0.2, 0.25) is 0 Å². The van der Waals surface area contributed by atoms with Gasteiger partial charge in [0.1, 0.15) is 5.75 Å². The van der Waals surface area contributed by atoms with Gasteiger partial charge in [0.05, 0.1) is 16.4 Å². The van der Waals surface area contributed by atoms with Crippen molar-refractivity contribution in [2.24, 2.45) is 0 Å². The number of para-hydroxylation sites is 1. The number of rotatable bonds is 7. The number of thioether (sulfide) groups is 1. The number of nitro groups is 1. The number of ether oxygens (including phenoxy) is 1. The van der Waals surface area contributed by atoms with E-state index in [0.717, 1.165) is 0 Å². The number of halogens is 3. The molecular formula is C16H13F3N2O4S. The van der Waals surface area contributed by atoms with Crippen LogP contribution in [0.25, 0.3) is 0 Å². The predicted octanol–water partition coefficient (Wildman–Crippen LogP) is 4.27. The Bertz CT molecular complexity index is 782. The number of carbonyl (C=O) groups is 1. The highest BCUT2D eigenvalue weighted by Gasteiger charge is 2.27. The number of nitrogens with zero attached hydrogens (tertiary/aromatic N) is 1. The molecular weight excluding hydrogens is 373 g/mol. The zero-order valence-electron chi connectivity index (χ0n) is 13.2. The average molecular weight is 386 g/mol. The SMILES string of the molecule is O=C(COc1ccc([N+](=O)[O-])cc1)Nc1ccccc1SCC(F)(F)F. The first-order valence-electron chi connectivity index (χ1n) is 7.20. The summed E-state index contributed by atoms with van der Waals surface area (Å²) in [4.78, 5) is 22.2. The molecule has 0 saturated carbocycles. The van der Waals surface area contributed by atoms with Crippen molar-refractivity contribution in [3.8, 4) is 5.75 Å². The molecule has 1 N–H and O–H groups in total. The minimum atomic E-state index is -4.32. The molecule has 0 aliphatic heterocycles. The first-order valence-corrected chi connectivity index (χ1v) is 8.19. The number of benzene rings is 2. The maximum Gasteiger partial charge on any atom is 0.398 e. The van der Waals surface area contributed by atoms with Crippen molar-refractivity contribution in [3.05, 3.63) is 58.6 Å². The van der Waals surface area contributed by atoms with E-state index in [9.17, 15) is 28.1 Å². The molecule has 0 atom stereocenters. The molecule has 0 spiro atoms. The van der Waals surface area contributed by atoms with Gasteiger partial charge >= 0.3 is 6.18 Å². The highest BCUT2D eigenvalue weighted by molar-refractivity contribution is 7.99. The molecule has 0 fully saturated rings. The summed E-state index contributed by atoms with van der Waals surface area (Å²) < 4.78 is 42.3. The smallest absolute Gasteiger partial charge is 0.398 e. The zero-order chi connectivity index (χ0) is 19.2. The Morgan fingerprint density at radius 1 is 1.15 bits per heavy atom. The summed E-state index contributed by atoms with van der Waals surface area (Å²) in [5.41, 5.74) is 0.136. The van der Waals surface area contributed by atoms with Gasteiger partial charge < -0.3 is 10.1 Å². The topological polar surface area (TPSA) is 81.5 Å². The number of alkyl halides is 3. The summed E-state index contributed by atoms with van der Waals surface area (Å²) in [6.45, 7) is -0.393. The molecule has 26 heavy (non-hydrogen) atoms. The van der Waals surface area contributed by atoms with E-state index < -0.39 is 29.4 Å². The molecule has 0 aliphatic carbocycles. The summed E-state index contributed by atoms with van der Waals surface area (Å²) in [6.07, 6.45) is -4.32. The van der Waals surface area contributed by atoms with Gasteiger partial charge in [-0.3, -0.25) is 14.9 Å². The van der Waals surface area contributed by atoms with Crippen LogP contribution in [0.1, 0.15) is 0 Å². The summed E-state index contributed by atoms with van der Waals surface area (Å²) in [5, 5.41) is 13.0. The third-order valence-corrected chi connectivity index (χ3v) is 4.11. The van der Waals surface area contributed by atoms with E-state index in [1.165, 1.54) is 36.4 Å². The first kappa shape index (κ1) is 19.6. The normalized spacial score (nSPS) is 11.0. The van der Waals surface area contributed by atoms with Gasteiger partial charge in [-0.05, 0) is 24.3 Å². The van der Waals surface area contributed by atoms with E-state index in [1.54, 1.807) is 12.1 Å². The fourth-order valence-corrected chi connectivity index (χ4v) is 2.62. The quantitative estimate of drug-likeness (QED) is 0.437. The Morgan fingerprint density at radius 3 is 2.42 bits per heavy atom. The summed E-state index contributed by atoms with van der Waals surface area (Å²) >= 11 is 0.570. The number of anilines is 1. The second-order valence-electron chi connectivity index (χ2n) is 4.99. The molecule has 0 unspecified atom stereocenters. The lowest BCUT2D eigenvalue weighted by molar-refractivity contribution is -0.384. The number of hydrogen-bond donors (Lipinski definition) is 1. The first-order chi connectivity index (χ1) is 12.2. The Balaban J connectivity index is 1.92. The molecule has 0 saturated heterocycles. The maximum atomic E-state index is 12.4. The maximum absolute atomic E-state index is 12.4. The number of amides is 1. The molecule has 0 aliphatic rings. The molecule has 2 aromatic rings. The van der Waals surface area contributed by atoms with Crippen molar-refractivity contribution in [2.45, 2.75) is 11.1 Å². The third kappa shape index (κ3) is 6.28. The lowest BCUT2D eigenvalue weighted by atomic mass is 10.3. The van der Waals surface area contributed by atoms with Gasteiger partial charge in [0.15, 0.2) is 6.61 Å². The molecule has 10 heteroatoms. The number of hydrogen-bond acceptors (Lipinski definition) is 5. The summed E-state index contributed by atoms with van der Waals surface area (Å²) in [6, 6.07) is 11.3. The van der Waals surface area contributed by atoms with Crippen molar-refractivity contribution in [1.29, 1.82) is 0 Å². The second kappa shape index (κ2) is 8.56. The van der Waals surface area contributed by atoms with E-state index >= 15 is 0 Å². The molecule has 0 heterocycles. The zero-order valence-corrected chi connectivity index (χ0v) is 14.0. The molecule has 2 rings (SSSR count). The number of nitro benzene ring substituents is 1. The predicted molar refractivity (Wildman–Crippen MR) is 90.4 cm³/mol. The molecule has 2 aromatic carbocycles. The van der Waals surface area contributed by atoms with Crippen LogP contribution in [0.4, 0.5) is 24.5 Å². The van der Waals surface area contributed by atoms with Crippen LogP contribution < -0.4 is 10.1 Å². The Kier molecular flexibility index (Phi) is 6.45. The standard InChI is InChI=1S/C16H13F3N2O4S/c17-16(18,19)10-26-14-4-2-1-3-13(14)20-15(22)9-25-12-7-5-11(6-8-12)21(23)24/h1-8H,9-10H2,(H,20,22). The van der Waals surface area contributed by atoms with Crippen LogP contribution in [0.5, 0.6) is 5.75 Å². The Morgan fingerprint density at radius 2 is 1.81 bits per heavy atom. The summed E-state index contributed by atoms with van der Waals surface area (Å²) in [5.74, 6) is -1.38. The van der Waals surface area contributed by atoms with Crippen LogP contribution >= 0.6 is 11.8 Å². The number of carbonyl (C=O) groups excluding carboxylic acids is 1. The minimum absolute atomic E-state index is 0.114. The van der Waals surface area contributed by atoms with Gasteiger partial charge in [0.25, 0.3) is 11.6 Å². The highest BCUT2D eigenvalue weighted by Crippen LogP contribution is 2.32. The van der Waals surface area contributed by atoms with Crippen LogP contribution in [-0.2, 0) is 4.79 Å². The van der Waals surface area contributed by atoms with Crippen LogP contribution in [0.15, 0.2) is 53.4 Å². The van der Waals surface area contributed by atoms with Gasteiger partial charge in [0, 0.05) is 17.0 Å². The van der Waals surface area contributed by atoms with Crippen LogP contribution in [0, 0.1) is 10.1 Å². The van der Waals surface area contributed by atoms with E-state index in [4.69, 9.17) is 4.74 Å². The molecule has 0 radical (unpaired) electrons. The molecule has 138 valence electrons. The third-order valence-electron chi connectivity index (χ3n) is 2.97. The van der Waals surface area contributed by atoms with Crippen molar-refractivity contribution >= 4 is 29.0 Å². The van der Waals surface area contributed by atoms with Crippen molar-refractivity contribution in [1.82, 2.24) is 0 Å². The minimum Gasteiger partial charge on any atom is -0.484 e. The average Bonchev–Trinajstić information content (AvgIpc) is 2.59.